The van der Waals surface area contributed by atoms with E-state index in [2.05, 4.69) is 26.6 Å². The van der Waals surface area contributed by atoms with Crippen molar-refractivity contribution >= 4 is 78.0 Å². The van der Waals surface area contributed by atoms with E-state index in [9.17, 15) is 9.59 Å². The summed E-state index contributed by atoms with van der Waals surface area (Å²) in [5, 5.41) is 6.73. The number of anilines is 3. The van der Waals surface area contributed by atoms with Crippen LogP contribution in [-0.2, 0) is 0 Å². The number of pyridine rings is 1. The first-order chi connectivity index (χ1) is 18.8. The molecule has 0 fully saturated rings. The van der Waals surface area contributed by atoms with Crippen molar-refractivity contribution in [3.05, 3.63) is 98.4 Å². The minimum Gasteiger partial charge on any atom is -0.495 e. The first-order valence-electron chi connectivity index (χ1n) is 11.8. The number of hydrogen-bond donors (Lipinski definition) is 3. The van der Waals surface area contributed by atoms with Gasteiger partial charge in [-0.05, 0) is 49.4 Å². The zero-order valence-corrected chi connectivity index (χ0v) is 24.0. The molecule has 2 aromatic heterocycles. The van der Waals surface area contributed by atoms with Crippen molar-refractivity contribution in [3.8, 4) is 16.9 Å². The van der Waals surface area contributed by atoms with E-state index < -0.39 is 5.91 Å². The summed E-state index contributed by atoms with van der Waals surface area (Å²) in [5.41, 5.74) is 9.84. The predicted molar refractivity (Wildman–Crippen MR) is 162 cm³/mol. The largest absolute Gasteiger partial charge is 0.495 e. The summed E-state index contributed by atoms with van der Waals surface area (Å²) in [4.78, 5) is 32.6. The molecule has 4 N–H and O–H groups in total. The summed E-state index contributed by atoms with van der Waals surface area (Å²) in [7, 11) is 1.53. The number of carbonyl (C=O) groups excluding carboxylic acids is 2. The van der Waals surface area contributed by atoms with Gasteiger partial charge >= 0.3 is 0 Å². The molecule has 2 amide bonds. The first-order valence-corrected chi connectivity index (χ1v) is 13.8. The number of nitrogens with two attached hydrogens (primary N) is 1. The van der Waals surface area contributed by atoms with E-state index in [0.29, 0.717) is 54.7 Å². The Balaban J connectivity index is 1.68. The maximum atomic E-state index is 13.8. The van der Waals surface area contributed by atoms with E-state index in [-0.39, 0.29) is 16.5 Å². The molecule has 0 bridgehead atoms. The van der Waals surface area contributed by atoms with Gasteiger partial charge in [0.25, 0.3) is 11.8 Å². The van der Waals surface area contributed by atoms with E-state index in [1.807, 2.05) is 30.3 Å². The molecular formula is C29H22BrClN4O3S. The van der Waals surface area contributed by atoms with Crippen LogP contribution in [0.4, 0.5) is 17.1 Å². The van der Waals surface area contributed by atoms with Crippen LogP contribution in [-0.4, -0.2) is 23.9 Å². The van der Waals surface area contributed by atoms with Crippen molar-refractivity contribution in [2.24, 2.45) is 0 Å². The van der Waals surface area contributed by atoms with E-state index in [1.54, 1.807) is 49.4 Å². The van der Waals surface area contributed by atoms with Crippen LogP contribution < -0.4 is 21.1 Å². The Morgan fingerprint density at radius 2 is 1.67 bits per heavy atom. The van der Waals surface area contributed by atoms with Crippen LogP contribution in [0, 0.1) is 6.92 Å². The number of amides is 2. The van der Waals surface area contributed by atoms with Gasteiger partial charge in [-0.25, -0.2) is 4.98 Å². The van der Waals surface area contributed by atoms with Crippen LogP contribution in [0.5, 0.6) is 5.75 Å². The fourth-order valence-corrected chi connectivity index (χ4v) is 5.84. The lowest BCUT2D eigenvalue weighted by Crippen LogP contribution is -2.16. The lowest BCUT2D eigenvalue weighted by atomic mass is 9.94. The lowest BCUT2D eigenvalue weighted by Gasteiger charge is -2.16. The van der Waals surface area contributed by atoms with Crippen molar-refractivity contribution in [2.45, 2.75) is 6.92 Å². The van der Waals surface area contributed by atoms with Crippen molar-refractivity contribution in [1.29, 1.82) is 0 Å². The zero-order chi connectivity index (χ0) is 27.7. The molecule has 0 spiro atoms. The SMILES string of the molecule is COc1ccccc1NC(=O)c1c(C)nc2sc(C(=O)Nc3ccc(Br)cc3)c(N)c2c1-c1ccccc1Cl. The molecule has 5 rings (SSSR count). The number of fused-ring (bicyclic) bond motifs is 1. The van der Waals surface area contributed by atoms with Gasteiger partial charge in [0.05, 0.1) is 29.7 Å². The number of nitrogens with one attached hydrogen (secondary N) is 2. The molecule has 7 nitrogen and oxygen atoms in total. The predicted octanol–water partition coefficient (Wildman–Crippen LogP) is 7.78. The number of hydrogen-bond acceptors (Lipinski definition) is 6. The Labute approximate surface area is 242 Å². The number of carbonyl (C=O) groups is 2. The molecule has 0 aliphatic heterocycles. The van der Waals surface area contributed by atoms with Crippen LogP contribution in [0.25, 0.3) is 21.3 Å². The number of aryl methyl sites for hydroxylation is 1. The third kappa shape index (κ3) is 5.21. The van der Waals surface area contributed by atoms with Gasteiger partial charge < -0.3 is 21.1 Å². The second kappa shape index (κ2) is 11.1. The standard InChI is InChI=1S/C29H22BrClN4O3S/c1-15-22(27(36)35-20-9-5-6-10-21(20)38-2)23(18-7-3-4-8-19(18)31)24-25(32)26(39-29(24)33-15)28(37)34-17-13-11-16(30)12-14-17/h3-14H,32H2,1-2H3,(H,34,37)(H,35,36). The number of nitrogen functional groups attached to an aromatic ring is 1. The van der Waals surface area contributed by atoms with Crippen molar-refractivity contribution in [3.63, 3.8) is 0 Å². The quantitative estimate of drug-likeness (QED) is 0.180. The highest BCUT2D eigenvalue weighted by atomic mass is 79.9. The van der Waals surface area contributed by atoms with Crippen molar-refractivity contribution in [2.75, 3.05) is 23.5 Å². The fraction of sp³-hybridized carbons (Fsp3) is 0.0690. The highest BCUT2D eigenvalue weighted by molar-refractivity contribution is 9.10. The van der Waals surface area contributed by atoms with E-state index >= 15 is 0 Å². The van der Waals surface area contributed by atoms with Gasteiger partial charge in [-0.1, -0.05) is 57.9 Å². The summed E-state index contributed by atoms with van der Waals surface area (Å²) in [6, 6.07) is 21.5. The van der Waals surface area contributed by atoms with Gasteiger partial charge in [0.1, 0.15) is 15.5 Å². The monoisotopic (exact) mass is 620 g/mol. The fourth-order valence-electron chi connectivity index (χ4n) is 4.30. The van der Waals surface area contributed by atoms with Gasteiger partial charge in [0.2, 0.25) is 0 Å². The zero-order valence-electron chi connectivity index (χ0n) is 20.8. The Morgan fingerprint density at radius 1 is 0.974 bits per heavy atom. The third-order valence-electron chi connectivity index (χ3n) is 6.09. The molecule has 2 heterocycles. The molecule has 0 atom stereocenters. The van der Waals surface area contributed by atoms with Crippen LogP contribution >= 0.6 is 38.9 Å². The van der Waals surface area contributed by atoms with Gasteiger partial charge in [-0.2, -0.15) is 0 Å². The minimum absolute atomic E-state index is 0.221. The van der Waals surface area contributed by atoms with Gasteiger partial charge in [0.15, 0.2) is 0 Å². The summed E-state index contributed by atoms with van der Waals surface area (Å²) < 4.78 is 6.30. The number of aromatic nitrogens is 1. The number of benzene rings is 3. The topological polar surface area (TPSA) is 106 Å². The number of rotatable bonds is 6. The first kappa shape index (κ1) is 26.7. The molecule has 0 aliphatic rings. The summed E-state index contributed by atoms with van der Waals surface area (Å²) in [6.07, 6.45) is 0. The number of ether oxygens (including phenoxy) is 1. The maximum Gasteiger partial charge on any atom is 0.267 e. The minimum atomic E-state index is -0.409. The molecule has 196 valence electrons. The third-order valence-corrected chi connectivity index (χ3v) is 8.05. The molecular weight excluding hydrogens is 600 g/mol. The number of nitrogens with zero attached hydrogens (tertiary/aromatic N) is 1. The van der Waals surface area contributed by atoms with Crippen molar-refractivity contribution < 1.29 is 14.3 Å². The van der Waals surface area contributed by atoms with E-state index in [1.165, 1.54) is 7.11 Å². The van der Waals surface area contributed by atoms with Crippen LogP contribution in [0.15, 0.2) is 77.3 Å². The molecule has 5 aromatic rings. The average molecular weight is 622 g/mol. The summed E-state index contributed by atoms with van der Waals surface area (Å²) in [6.45, 7) is 1.74. The smallest absolute Gasteiger partial charge is 0.267 e. The van der Waals surface area contributed by atoms with E-state index in [0.717, 1.165) is 15.8 Å². The highest BCUT2D eigenvalue weighted by Gasteiger charge is 2.28. The molecule has 10 heteroatoms. The number of methoxy groups -OCH3 is 1. The number of para-hydroxylation sites is 2. The van der Waals surface area contributed by atoms with Gasteiger partial charge in [-0.3, -0.25) is 9.59 Å². The maximum absolute atomic E-state index is 13.8. The van der Waals surface area contributed by atoms with Crippen LogP contribution in [0.3, 0.4) is 0 Å². The van der Waals surface area contributed by atoms with E-state index in [4.69, 9.17) is 27.1 Å². The van der Waals surface area contributed by atoms with Crippen molar-refractivity contribution in [1.82, 2.24) is 4.98 Å². The molecule has 0 saturated heterocycles. The summed E-state index contributed by atoms with van der Waals surface area (Å²) >= 11 is 11.2. The number of halogens is 2. The second-order valence-electron chi connectivity index (χ2n) is 8.57. The average Bonchev–Trinajstić information content (AvgIpc) is 3.25. The van der Waals surface area contributed by atoms with Crippen LogP contribution in [0.1, 0.15) is 25.7 Å². The Morgan fingerprint density at radius 3 is 2.38 bits per heavy atom. The lowest BCUT2D eigenvalue weighted by molar-refractivity contribution is 0.102. The van der Waals surface area contributed by atoms with Gasteiger partial charge in [-0.15, -0.1) is 11.3 Å². The molecule has 0 unspecified atom stereocenters. The molecule has 39 heavy (non-hydrogen) atoms. The summed E-state index contributed by atoms with van der Waals surface area (Å²) in [5.74, 6) is -0.271. The van der Waals surface area contributed by atoms with Gasteiger partial charge in [0, 0.05) is 31.7 Å². The highest BCUT2D eigenvalue weighted by Crippen LogP contribution is 2.44. The normalized spacial score (nSPS) is 10.9. The Bertz CT molecular complexity index is 1740. The second-order valence-corrected chi connectivity index (χ2v) is 10.9. The Kier molecular flexibility index (Phi) is 7.56. The molecule has 3 aromatic carbocycles. The molecule has 0 aliphatic carbocycles. The molecule has 0 saturated carbocycles. The molecule has 0 radical (unpaired) electrons. The Hall–Kier alpha value is -3.92. The number of thiophene rings is 1. The van der Waals surface area contributed by atoms with Crippen LogP contribution in [0.2, 0.25) is 5.02 Å².